The summed E-state index contributed by atoms with van der Waals surface area (Å²) in [5, 5.41) is 19.3. The van der Waals surface area contributed by atoms with Crippen molar-refractivity contribution in [2.45, 2.75) is 82.1 Å². The van der Waals surface area contributed by atoms with Crippen molar-refractivity contribution < 1.29 is 24.1 Å². The van der Waals surface area contributed by atoms with Gasteiger partial charge in [0.25, 0.3) is 0 Å². The fraction of sp³-hybridized carbons (Fsp3) is 0.684. The largest absolute Gasteiger partial charge is 0.460 e. The third-order valence-electron chi connectivity index (χ3n) is 5.78. The summed E-state index contributed by atoms with van der Waals surface area (Å²) in [6, 6.07) is 2.01. The van der Waals surface area contributed by atoms with Gasteiger partial charge in [0.05, 0.1) is 12.4 Å². The Kier molecular flexibility index (Phi) is 4.55. The summed E-state index contributed by atoms with van der Waals surface area (Å²) in [5.41, 5.74) is 6.95. The number of nitrogens with two attached hydrogens (primary N) is 1. The van der Waals surface area contributed by atoms with Gasteiger partial charge < -0.3 is 29.8 Å². The van der Waals surface area contributed by atoms with Gasteiger partial charge in [-0.2, -0.15) is 15.2 Å². The summed E-state index contributed by atoms with van der Waals surface area (Å²) in [4.78, 5) is 13.1. The van der Waals surface area contributed by atoms with E-state index < -0.39 is 36.4 Å². The van der Waals surface area contributed by atoms with Crippen LogP contribution in [-0.4, -0.2) is 60.9 Å². The number of hydrogen-bond donors (Lipinski definition) is 2. The molecule has 3 aliphatic rings. The van der Waals surface area contributed by atoms with Gasteiger partial charge in [-0.05, 0) is 39.5 Å². The Morgan fingerprint density at radius 1 is 1.30 bits per heavy atom. The summed E-state index contributed by atoms with van der Waals surface area (Å²) in [6.07, 6.45) is 1.63. The smallest absolute Gasteiger partial charge is 0.320 e. The van der Waals surface area contributed by atoms with Gasteiger partial charge in [-0.3, -0.25) is 4.57 Å². The van der Waals surface area contributed by atoms with Crippen LogP contribution in [0.5, 0.6) is 6.01 Å². The molecule has 2 saturated heterocycles. The minimum Gasteiger partial charge on any atom is -0.460 e. The zero-order valence-corrected chi connectivity index (χ0v) is 16.8. The molecule has 3 fully saturated rings. The molecule has 5 atom stereocenters. The monoisotopic (exact) mass is 416 g/mol. The molecule has 0 aromatic carbocycles. The first-order valence-corrected chi connectivity index (χ1v) is 10.1. The Balaban J connectivity index is 1.52. The fourth-order valence-electron chi connectivity index (χ4n) is 4.47. The number of fused-ring (bicyclic) bond motifs is 2. The van der Waals surface area contributed by atoms with Gasteiger partial charge in [0.1, 0.15) is 24.4 Å². The normalized spacial score (nSPS) is 31.7. The highest BCUT2D eigenvalue weighted by Gasteiger charge is 2.58. The van der Waals surface area contributed by atoms with Gasteiger partial charge in [-0.15, -0.1) is 0 Å². The molecule has 0 spiro atoms. The number of nitriles is 1. The average Bonchev–Trinajstić information content (AvgIpc) is 3.45. The molecular formula is C19H24N6O5. The number of hydrogen-bond acceptors (Lipinski definition) is 10. The molecule has 0 amide bonds. The lowest BCUT2D eigenvalue weighted by atomic mass is 10.1. The van der Waals surface area contributed by atoms with Crippen molar-refractivity contribution in [3.63, 3.8) is 0 Å². The van der Waals surface area contributed by atoms with Crippen LogP contribution in [0.1, 0.15) is 45.8 Å². The van der Waals surface area contributed by atoms with Crippen molar-refractivity contribution >= 4 is 17.0 Å². The van der Waals surface area contributed by atoms with E-state index in [-0.39, 0.29) is 17.9 Å². The van der Waals surface area contributed by atoms with E-state index in [0.717, 1.165) is 25.7 Å². The van der Waals surface area contributed by atoms with E-state index >= 15 is 0 Å². The summed E-state index contributed by atoms with van der Waals surface area (Å²) in [6.45, 7) is 3.55. The third-order valence-corrected chi connectivity index (χ3v) is 5.78. The van der Waals surface area contributed by atoms with Crippen LogP contribution in [0.3, 0.4) is 0 Å². The number of ether oxygens (including phenoxy) is 4. The molecule has 4 heterocycles. The van der Waals surface area contributed by atoms with E-state index in [1.165, 1.54) is 6.33 Å². The molecule has 1 aliphatic carbocycles. The minimum atomic E-state index is -1.37. The Labute approximate surface area is 172 Å². The second kappa shape index (κ2) is 7.02. The quantitative estimate of drug-likeness (QED) is 0.692. The second-order valence-electron chi connectivity index (χ2n) is 8.37. The lowest BCUT2D eigenvalue weighted by molar-refractivity contribution is -0.203. The summed E-state index contributed by atoms with van der Waals surface area (Å²) < 4.78 is 25.5. The Morgan fingerprint density at radius 3 is 2.77 bits per heavy atom. The fourth-order valence-corrected chi connectivity index (χ4v) is 4.47. The molecule has 2 aliphatic heterocycles. The number of anilines is 1. The first-order chi connectivity index (χ1) is 14.4. The highest BCUT2D eigenvalue weighted by Crippen LogP contribution is 2.44. The molecule has 0 bridgehead atoms. The van der Waals surface area contributed by atoms with Crippen molar-refractivity contribution in [1.82, 2.24) is 19.5 Å². The van der Waals surface area contributed by atoms with E-state index in [4.69, 9.17) is 24.7 Å². The number of rotatable bonds is 4. The summed E-state index contributed by atoms with van der Waals surface area (Å²) in [7, 11) is 0. The van der Waals surface area contributed by atoms with E-state index in [9.17, 15) is 10.4 Å². The number of imidazole rings is 1. The first-order valence-electron chi connectivity index (χ1n) is 10.1. The zero-order valence-electron chi connectivity index (χ0n) is 16.8. The maximum Gasteiger partial charge on any atom is 0.320 e. The predicted molar refractivity (Wildman–Crippen MR) is 102 cm³/mol. The van der Waals surface area contributed by atoms with Gasteiger partial charge in [-0.25, -0.2) is 4.98 Å². The molecule has 11 heteroatoms. The van der Waals surface area contributed by atoms with Crippen LogP contribution in [0, 0.1) is 11.3 Å². The van der Waals surface area contributed by atoms with Crippen LogP contribution >= 0.6 is 0 Å². The van der Waals surface area contributed by atoms with Crippen LogP contribution in [0.4, 0.5) is 5.82 Å². The Hall–Kier alpha value is -2.52. The van der Waals surface area contributed by atoms with E-state index in [2.05, 4.69) is 15.0 Å². The Bertz CT molecular complexity index is 997. The van der Waals surface area contributed by atoms with Gasteiger partial charge in [0.15, 0.2) is 35.1 Å². The standard InChI is InChI=1S/C19H24N6O5/c1-19(2)29-13-12(10(26)7-20)28-17(14(13)30-19)25-8-22-11-15(21)23-18(24-16(11)25)27-9-5-3-4-6-9/h8-10,12-14,17,26H,3-6H2,1-2H3,(H2,21,23,24)/t10?,12-,13-,14-,17-/m1/s1. The summed E-state index contributed by atoms with van der Waals surface area (Å²) in [5.74, 6) is -0.676. The van der Waals surface area contributed by atoms with E-state index in [0.29, 0.717) is 11.2 Å². The minimum absolute atomic E-state index is 0.0767. The average molecular weight is 416 g/mol. The molecule has 30 heavy (non-hydrogen) atoms. The lowest BCUT2D eigenvalue weighted by Gasteiger charge is -2.25. The number of nitrogen functional groups attached to an aromatic ring is 1. The molecule has 5 rings (SSSR count). The second-order valence-corrected chi connectivity index (χ2v) is 8.37. The van der Waals surface area contributed by atoms with Crippen molar-refractivity contribution in [3.8, 4) is 12.1 Å². The van der Waals surface area contributed by atoms with Crippen LogP contribution in [0.25, 0.3) is 11.2 Å². The number of aliphatic hydroxyl groups is 1. The highest BCUT2D eigenvalue weighted by molar-refractivity contribution is 5.82. The van der Waals surface area contributed by atoms with Crippen LogP contribution < -0.4 is 10.5 Å². The predicted octanol–water partition coefficient (Wildman–Crippen LogP) is 1.03. The van der Waals surface area contributed by atoms with Crippen molar-refractivity contribution in [2.75, 3.05) is 5.73 Å². The van der Waals surface area contributed by atoms with Crippen LogP contribution in [0.2, 0.25) is 0 Å². The van der Waals surface area contributed by atoms with Gasteiger partial charge in [0.2, 0.25) is 0 Å². The molecule has 2 aromatic rings. The highest BCUT2D eigenvalue weighted by atomic mass is 16.8. The molecule has 3 N–H and O–H groups in total. The van der Waals surface area contributed by atoms with Gasteiger partial charge >= 0.3 is 6.01 Å². The molecule has 1 unspecified atom stereocenters. The van der Waals surface area contributed by atoms with E-state index in [1.54, 1.807) is 18.4 Å². The Morgan fingerprint density at radius 2 is 2.03 bits per heavy atom. The molecule has 0 radical (unpaired) electrons. The summed E-state index contributed by atoms with van der Waals surface area (Å²) >= 11 is 0. The first kappa shape index (κ1) is 19.4. The number of aromatic nitrogens is 4. The van der Waals surface area contributed by atoms with Crippen molar-refractivity contribution in [1.29, 1.82) is 5.26 Å². The third kappa shape index (κ3) is 3.16. The molecule has 1 saturated carbocycles. The number of aliphatic hydroxyl groups excluding tert-OH is 1. The van der Waals surface area contributed by atoms with Gasteiger partial charge in [-0.1, -0.05) is 0 Å². The maximum absolute atomic E-state index is 10.1. The SMILES string of the molecule is CC1(C)O[C@@H]2[C@H](O1)[C@@H](C(O)C#N)O[C@H]2n1cnc2c(N)nc(OC3CCCC3)nc21. The topological polar surface area (TPSA) is 151 Å². The molecular weight excluding hydrogens is 392 g/mol. The van der Waals surface area contributed by atoms with E-state index in [1.807, 2.05) is 6.07 Å². The van der Waals surface area contributed by atoms with Crippen molar-refractivity contribution in [3.05, 3.63) is 6.33 Å². The van der Waals surface area contributed by atoms with Crippen molar-refractivity contribution in [2.24, 2.45) is 0 Å². The lowest BCUT2D eigenvalue weighted by Crippen LogP contribution is -2.37. The van der Waals surface area contributed by atoms with Gasteiger partial charge in [0, 0.05) is 0 Å². The number of nitrogens with zero attached hydrogens (tertiary/aromatic N) is 5. The molecule has 160 valence electrons. The van der Waals surface area contributed by atoms with Crippen LogP contribution in [-0.2, 0) is 14.2 Å². The molecule has 11 nitrogen and oxygen atoms in total. The maximum atomic E-state index is 10.1. The molecule has 2 aromatic heterocycles. The zero-order chi connectivity index (χ0) is 21.0. The van der Waals surface area contributed by atoms with Crippen LogP contribution in [0.15, 0.2) is 6.33 Å².